The second-order valence-electron chi connectivity index (χ2n) is 6.61. The van der Waals surface area contributed by atoms with Crippen LogP contribution in [0.4, 0.5) is 0 Å². The first kappa shape index (κ1) is 17.2. The van der Waals surface area contributed by atoms with Gasteiger partial charge in [-0.15, -0.1) is 11.8 Å². The van der Waals surface area contributed by atoms with Crippen molar-refractivity contribution in [1.82, 2.24) is 4.90 Å². The molecule has 3 atom stereocenters. The number of thioether (sulfide) groups is 1. The molecule has 3 rings (SSSR count). The number of benzene rings is 1. The molecular weight excluding hydrogens is 322 g/mol. The lowest BCUT2D eigenvalue weighted by Crippen LogP contribution is -2.43. The summed E-state index contributed by atoms with van der Waals surface area (Å²) >= 11 is 1.61. The average molecular weight is 345 g/mol. The van der Waals surface area contributed by atoms with Crippen LogP contribution in [-0.2, 0) is 20.8 Å². The van der Waals surface area contributed by atoms with Gasteiger partial charge in [-0.1, -0.05) is 36.8 Å². The molecule has 1 amide bonds. The van der Waals surface area contributed by atoms with Gasteiger partial charge in [-0.05, 0) is 24.8 Å². The average Bonchev–Trinajstić information content (AvgIpc) is 3.28. The number of ketones is 1. The summed E-state index contributed by atoms with van der Waals surface area (Å²) in [6.45, 7) is 0. The Labute approximate surface area is 147 Å². The van der Waals surface area contributed by atoms with E-state index in [1.807, 2.05) is 30.3 Å². The van der Waals surface area contributed by atoms with Gasteiger partial charge in [0, 0.05) is 24.0 Å². The Hall–Kier alpha value is -1.62. The zero-order valence-corrected chi connectivity index (χ0v) is 14.5. The van der Waals surface area contributed by atoms with Gasteiger partial charge in [-0.3, -0.25) is 9.59 Å². The van der Waals surface area contributed by atoms with E-state index < -0.39 is 0 Å². The Morgan fingerprint density at radius 3 is 2.67 bits per heavy atom. The summed E-state index contributed by atoms with van der Waals surface area (Å²) in [6, 6.07) is 9.66. The van der Waals surface area contributed by atoms with Gasteiger partial charge < -0.3 is 9.69 Å². The monoisotopic (exact) mass is 345 g/mol. The molecule has 1 heterocycles. The fourth-order valence-electron chi connectivity index (χ4n) is 3.75. The Morgan fingerprint density at radius 1 is 1.17 bits per heavy atom. The first-order valence-corrected chi connectivity index (χ1v) is 9.76. The maximum atomic E-state index is 12.8. The summed E-state index contributed by atoms with van der Waals surface area (Å²) < 4.78 is 0. The third-order valence-corrected chi connectivity index (χ3v) is 6.15. The van der Waals surface area contributed by atoms with Gasteiger partial charge in [-0.2, -0.15) is 0 Å². The van der Waals surface area contributed by atoms with Crippen molar-refractivity contribution in [3.8, 4) is 0 Å². The number of aryl methyl sites for hydroxylation is 1. The van der Waals surface area contributed by atoms with Crippen LogP contribution in [0.1, 0.15) is 31.2 Å². The molecule has 2 aliphatic rings. The summed E-state index contributed by atoms with van der Waals surface area (Å²) in [5.41, 5.74) is 1.16. The fourth-order valence-corrected chi connectivity index (χ4v) is 4.87. The molecule has 24 heavy (non-hydrogen) atoms. The molecule has 0 bridgehead atoms. The van der Waals surface area contributed by atoms with Crippen molar-refractivity contribution in [2.75, 3.05) is 11.6 Å². The highest BCUT2D eigenvalue weighted by Gasteiger charge is 2.41. The molecule has 1 aliphatic heterocycles. The van der Waals surface area contributed by atoms with E-state index in [1.165, 1.54) is 0 Å². The van der Waals surface area contributed by atoms with Crippen LogP contribution in [0.2, 0.25) is 0 Å². The van der Waals surface area contributed by atoms with Crippen molar-refractivity contribution < 1.29 is 14.4 Å². The molecule has 0 spiro atoms. The predicted octanol–water partition coefficient (Wildman–Crippen LogP) is 2.71. The summed E-state index contributed by atoms with van der Waals surface area (Å²) in [6.07, 6.45) is 4.58. The van der Waals surface area contributed by atoms with Crippen molar-refractivity contribution in [2.24, 2.45) is 11.8 Å². The van der Waals surface area contributed by atoms with Crippen molar-refractivity contribution in [1.29, 1.82) is 0 Å². The highest BCUT2D eigenvalue weighted by atomic mass is 32.2. The molecule has 1 unspecified atom stereocenters. The molecule has 5 heteroatoms. The highest BCUT2D eigenvalue weighted by Crippen LogP contribution is 2.36. The summed E-state index contributed by atoms with van der Waals surface area (Å²) in [4.78, 5) is 38.3. The Kier molecular flexibility index (Phi) is 5.72. The first-order valence-electron chi connectivity index (χ1n) is 8.61. The smallest absolute Gasteiger partial charge is 0.227 e. The zero-order chi connectivity index (χ0) is 16.9. The SMILES string of the molecule is O=C[C@@H]1CSCN1C(=O)C1CCC[C@H]1C(=O)CCc1ccccc1. The quantitative estimate of drug-likeness (QED) is 0.744. The van der Waals surface area contributed by atoms with Gasteiger partial charge in [-0.25, -0.2) is 0 Å². The first-order chi connectivity index (χ1) is 11.7. The summed E-state index contributed by atoms with van der Waals surface area (Å²) in [5, 5.41) is 0. The number of hydrogen-bond donors (Lipinski definition) is 0. The number of carbonyl (C=O) groups is 3. The Balaban J connectivity index is 1.61. The van der Waals surface area contributed by atoms with E-state index in [4.69, 9.17) is 0 Å². The maximum absolute atomic E-state index is 12.8. The summed E-state index contributed by atoms with van der Waals surface area (Å²) in [5.74, 6) is 1.06. The third-order valence-electron chi connectivity index (χ3n) is 5.11. The number of Topliss-reactive ketones (excluding diaryl/α,β-unsaturated/α-hetero) is 1. The van der Waals surface area contributed by atoms with Crippen molar-refractivity contribution in [3.05, 3.63) is 35.9 Å². The molecule has 0 radical (unpaired) electrons. The molecule has 4 nitrogen and oxygen atoms in total. The summed E-state index contributed by atoms with van der Waals surface area (Å²) in [7, 11) is 0. The van der Waals surface area contributed by atoms with E-state index in [0.29, 0.717) is 18.1 Å². The van der Waals surface area contributed by atoms with Crippen LogP contribution in [0.15, 0.2) is 30.3 Å². The number of amides is 1. The number of carbonyl (C=O) groups excluding carboxylic acids is 3. The fraction of sp³-hybridized carbons (Fsp3) is 0.526. The molecule has 2 fully saturated rings. The molecule has 1 saturated carbocycles. The minimum absolute atomic E-state index is 0.00709. The highest BCUT2D eigenvalue weighted by molar-refractivity contribution is 7.99. The van der Waals surface area contributed by atoms with Crippen LogP contribution < -0.4 is 0 Å². The number of nitrogens with zero attached hydrogens (tertiary/aromatic N) is 1. The van der Waals surface area contributed by atoms with Crippen molar-refractivity contribution >= 4 is 29.7 Å². The van der Waals surface area contributed by atoms with E-state index in [2.05, 4.69) is 0 Å². The third kappa shape index (κ3) is 3.72. The van der Waals surface area contributed by atoms with E-state index in [9.17, 15) is 14.4 Å². The number of aldehydes is 1. The maximum Gasteiger partial charge on any atom is 0.227 e. The molecule has 0 aromatic heterocycles. The lowest BCUT2D eigenvalue weighted by molar-refractivity contribution is -0.141. The molecule has 1 aromatic rings. The molecule has 1 aromatic carbocycles. The van der Waals surface area contributed by atoms with Gasteiger partial charge in [0.1, 0.15) is 12.1 Å². The van der Waals surface area contributed by atoms with Crippen LogP contribution in [0.5, 0.6) is 0 Å². The number of rotatable bonds is 6. The van der Waals surface area contributed by atoms with Crippen LogP contribution in [0.25, 0.3) is 0 Å². The van der Waals surface area contributed by atoms with Gasteiger partial charge >= 0.3 is 0 Å². The van der Waals surface area contributed by atoms with Gasteiger partial charge in [0.15, 0.2) is 0 Å². The van der Waals surface area contributed by atoms with Crippen LogP contribution in [-0.4, -0.2) is 40.5 Å². The van der Waals surface area contributed by atoms with E-state index >= 15 is 0 Å². The lowest BCUT2D eigenvalue weighted by atomic mass is 9.88. The van der Waals surface area contributed by atoms with Crippen molar-refractivity contribution in [3.63, 3.8) is 0 Å². The van der Waals surface area contributed by atoms with E-state index in [0.717, 1.165) is 37.5 Å². The minimum atomic E-state index is -0.317. The largest absolute Gasteiger partial charge is 0.323 e. The molecular formula is C19H23NO3S. The molecule has 1 aliphatic carbocycles. The number of hydrogen-bond acceptors (Lipinski definition) is 4. The normalized spacial score (nSPS) is 26.5. The van der Waals surface area contributed by atoms with Gasteiger partial charge in [0.05, 0.1) is 11.9 Å². The second-order valence-corrected chi connectivity index (χ2v) is 7.61. The second kappa shape index (κ2) is 7.97. The van der Waals surface area contributed by atoms with Crippen LogP contribution in [0.3, 0.4) is 0 Å². The minimum Gasteiger partial charge on any atom is -0.323 e. The van der Waals surface area contributed by atoms with E-state index in [1.54, 1.807) is 16.7 Å². The van der Waals surface area contributed by atoms with Crippen molar-refractivity contribution in [2.45, 2.75) is 38.1 Å². The molecule has 0 N–H and O–H groups in total. The topological polar surface area (TPSA) is 54.5 Å². The molecule has 128 valence electrons. The standard InChI is InChI=1S/C19H23NO3S/c21-11-15-12-24-13-20(15)19(23)17-8-4-7-16(17)18(22)10-9-14-5-2-1-3-6-14/h1-3,5-6,11,15-17H,4,7-10,12-13H2/t15-,16-,17?/m1/s1. The lowest BCUT2D eigenvalue weighted by Gasteiger charge is -2.26. The Morgan fingerprint density at radius 2 is 1.92 bits per heavy atom. The Bertz CT molecular complexity index is 604. The van der Waals surface area contributed by atoms with E-state index in [-0.39, 0.29) is 29.6 Å². The van der Waals surface area contributed by atoms with Crippen LogP contribution >= 0.6 is 11.8 Å². The van der Waals surface area contributed by atoms with Crippen LogP contribution in [0, 0.1) is 11.8 Å². The molecule has 1 saturated heterocycles. The zero-order valence-electron chi connectivity index (χ0n) is 13.7. The van der Waals surface area contributed by atoms with Gasteiger partial charge in [0.2, 0.25) is 5.91 Å². The van der Waals surface area contributed by atoms with Gasteiger partial charge in [0.25, 0.3) is 0 Å². The predicted molar refractivity (Wildman–Crippen MR) is 94.6 cm³/mol.